The Morgan fingerprint density at radius 1 is 0.964 bits per heavy atom. The van der Waals surface area contributed by atoms with Crippen molar-refractivity contribution in [2.24, 2.45) is 4.99 Å². The van der Waals surface area contributed by atoms with E-state index in [0.717, 1.165) is 0 Å². The fourth-order valence-electron chi connectivity index (χ4n) is 2.76. The summed E-state index contributed by atoms with van der Waals surface area (Å²) < 4.78 is 48.4. The molecule has 28 heavy (non-hydrogen) atoms. The van der Waals surface area contributed by atoms with Gasteiger partial charge < -0.3 is 10.1 Å². The smallest absolute Gasteiger partial charge is 0.423 e. The molecule has 2 aromatic rings. The largest absolute Gasteiger partial charge is 0.453 e. The highest BCUT2D eigenvalue weighted by molar-refractivity contribution is 7.80. The van der Waals surface area contributed by atoms with E-state index in [-0.39, 0.29) is 16.7 Å². The molecule has 4 nitrogen and oxygen atoms in total. The molecule has 8 heteroatoms. The molecule has 0 saturated carbocycles. The standard InChI is InChI=1S/C20H20F3N3OS/c1-18(2,3)24-16-26(15-12-8-5-9-13-15)17(28)25-19(27-16,20(21,22)23)14-10-6-4-7-11-14/h4-13H,1-3H3,(H,25,28)/t19-/m0/s1. The van der Waals surface area contributed by atoms with Gasteiger partial charge in [0, 0.05) is 5.56 Å². The van der Waals surface area contributed by atoms with Crippen molar-refractivity contribution in [1.82, 2.24) is 5.32 Å². The van der Waals surface area contributed by atoms with Crippen LogP contribution >= 0.6 is 12.2 Å². The van der Waals surface area contributed by atoms with Crippen LogP contribution in [0.15, 0.2) is 65.7 Å². The van der Waals surface area contributed by atoms with Gasteiger partial charge in [0.2, 0.25) is 0 Å². The number of amidine groups is 1. The van der Waals surface area contributed by atoms with Crippen LogP contribution in [0.5, 0.6) is 0 Å². The van der Waals surface area contributed by atoms with Crippen LogP contribution in [0.1, 0.15) is 26.3 Å². The highest BCUT2D eigenvalue weighted by atomic mass is 32.1. The number of hydrogen-bond acceptors (Lipinski definition) is 3. The highest BCUT2D eigenvalue weighted by Crippen LogP contribution is 2.43. The summed E-state index contributed by atoms with van der Waals surface area (Å²) in [5.41, 5.74) is -3.09. The molecule has 0 bridgehead atoms. The van der Waals surface area contributed by atoms with Gasteiger partial charge >= 0.3 is 17.9 Å². The number of para-hydroxylation sites is 1. The minimum absolute atomic E-state index is 0.112. The maximum absolute atomic E-state index is 14.3. The van der Waals surface area contributed by atoms with E-state index in [1.54, 1.807) is 57.2 Å². The number of nitrogens with one attached hydrogen (secondary N) is 1. The lowest BCUT2D eigenvalue weighted by atomic mass is 10.0. The summed E-state index contributed by atoms with van der Waals surface area (Å²) in [6, 6.07) is 15.9. The van der Waals surface area contributed by atoms with Crippen LogP contribution < -0.4 is 10.2 Å². The van der Waals surface area contributed by atoms with Gasteiger partial charge in [0.1, 0.15) is 0 Å². The van der Waals surface area contributed by atoms with Crippen LogP contribution in [-0.4, -0.2) is 22.8 Å². The SMILES string of the molecule is CC(C)(C)N=C1O[C@@](c2ccccc2)(C(F)(F)F)NC(=S)N1c1ccccc1. The van der Waals surface area contributed by atoms with E-state index in [1.165, 1.54) is 29.2 Å². The number of anilines is 1. The van der Waals surface area contributed by atoms with Gasteiger partial charge in [-0.05, 0) is 45.1 Å². The number of thiocarbonyl (C=S) groups is 1. The van der Waals surface area contributed by atoms with E-state index in [9.17, 15) is 13.2 Å². The van der Waals surface area contributed by atoms with Gasteiger partial charge in [-0.25, -0.2) is 9.89 Å². The van der Waals surface area contributed by atoms with Crippen molar-refractivity contribution in [2.75, 3.05) is 4.90 Å². The molecule has 3 rings (SSSR count). The fraction of sp³-hybridized carbons (Fsp3) is 0.300. The number of hydrogen-bond donors (Lipinski definition) is 1. The molecule has 0 spiro atoms. The Morgan fingerprint density at radius 2 is 1.50 bits per heavy atom. The van der Waals surface area contributed by atoms with Gasteiger partial charge in [-0.2, -0.15) is 13.2 Å². The summed E-state index contributed by atoms with van der Waals surface area (Å²) in [6.45, 7) is 5.32. The normalized spacial score (nSPS) is 22.0. The number of aliphatic imine (C=N–C) groups is 1. The summed E-state index contributed by atoms with van der Waals surface area (Å²) >= 11 is 5.35. The molecule has 0 amide bonds. The molecule has 2 aromatic carbocycles. The molecule has 1 atom stereocenters. The van der Waals surface area contributed by atoms with Crippen LogP contribution in [0.2, 0.25) is 0 Å². The van der Waals surface area contributed by atoms with Gasteiger partial charge in [-0.1, -0.05) is 48.5 Å². The van der Waals surface area contributed by atoms with E-state index in [1.807, 2.05) is 0 Å². The van der Waals surface area contributed by atoms with Crippen LogP contribution in [0, 0.1) is 0 Å². The Hall–Kier alpha value is -2.61. The Morgan fingerprint density at radius 3 is 2.00 bits per heavy atom. The van der Waals surface area contributed by atoms with Gasteiger partial charge in [-0.3, -0.25) is 0 Å². The van der Waals surface area contributed by atoms with Crippen molar-refractivity contribution in [2.45, 2.75) is 38.2 Å². The zero-order chi connectivity index (χ0) is 20.6. The number of ether oxygens (including phenoxy) is 1. The first-order chi connectivity index (χ1) is 13.0. The molecule has 0 unspecified atom stereocenters. The lowest BCUT2D eigenvalue weighted by Gasteiger charge is -2.45. The molecule has 1 aliphatic heterocycles. The molecule has 1 saturated heterocycles. The average molecular weight is 407 g/mol. The molecule has 1 N–H and O–H groups in total. The number of nitrogens with zero attached hydrogens (tertiary/aromatic N) is 2. The Kier molecular flexibility index (Phi) is 5.10. The van der Waals surface area contributed by atoms with E-state index >= 15 is 0 Å². The molecular weight excluding hydrogens is 387 g/mol. The summed E-state index contributed by atoms with van der Waals surface area (Å²) in [6.07, 6.45) is -4.79. The second-order valence-electron chi connectivity index (χ2n) is 7.31. The molecule has 148 valence electrons. The molecule has 1 heterocycles. The van der Waals surface area contributed by atoms with E-state index in [4.69, 9.17) is 17.0 Å². The average Bonchev–Trinajstić information content (AvgIpc) is 2.60. The van der Waals surface area contributed by atoms with Crippen molar-refractivity contribution in [3.63, 3.8) is 0 Å². The molecule has 0 aliphatic carbocycles. The Balaban J connectivity index is 2.18. The second kappa shape index (κ2) is 7.09. The third kappa shape index (κ3) is 3.82. The second-order valence-corrected chi connectivity index (χ2v) is 7.70. The van der Waals surface area contributed by atoms with E-state index < -0.39 is 17.4 Å². The zero-order valence-corrected chi connectivity index (χ0v) is 16.4. The first kappa shape index (κ1) is 20.1. The lowest BCUT2D eigenvalue weighted by Crippen LogP contribution is -2.68. The van der Waals surface area contributed by atoms with Crippen molar-refractivity contribution in [1.29, 1.82) is 0 Å². The summed E-state index contributed by atoms with van der Waals surface area (Å²) in [7, 11) is 0. The third-order valence-electron chi connectivity index (χ3n) is 3.95. The number of benzene rings is 2. The minimum Gasteiger partial charge on any atom is -0.423 e. The number of rotatable bonds is 2. The lowest BCUT2D eigenvalue weighted by molar-refractivity contribution is -0.268. The number of alkyl halides is 3. The van der Waals surface area contributed by atoms with Crippen LogP contribution in [-0.2, 0) is 10.5 Å². The molecular formula is C20H20F3N3OS. The Bertz CT molecular complexity index is 879. The predicted molar refractivity (Wildman–Crippen MR) is 107 cm³/mol. The van der Waals surface area contributed by atoms with Gasteiger partial charge in [0.25, 0.3) is 0 Å². The molecule has 0 aromatic heterocycles. The fourth-order valence-corrected chi connectivity index (χ4v) is 3.09. The zero-order valence-electron chi connectivity index (χ0n) is 15.6. The van der Waals surface area contributed by atoms with Crippen LogP contribution in [0.3, 0.4) is 0 Å². The summed E-state index contributed by atoms with van der Waals surface area (Å²) in [4.78, 5) is 5.77. The van der Waals surface area contributed by atoms with E-state index in [2.05, 4.69) is 10.3 Å². The first-order valence-corrected chi connectivity index (χ1v) is 9.03. The van der Waals surface area contributed by atoms with Gasteiger partial charge in [0.05, 0.1) is 11.2 Å². The van der Waals surface area contributed by atoms with E-state index in [0.29, 0.717) is 5.69 Å². The first-order valence-electron chi connectivity index (χ1n) is 8.62. The van der Waals surface area contributed by atoms with Crippen LogP contribution in [0.25, 0.3) is 0 Å². The molecule has 1 aliphatic rings. The Labute approximate surface area is 167 Å². The van der Waals surface area contributed by atoms with Gasteiger partial charge in [0.15, 0.2) is 5.11 Å². The summed E-state index contributed by atoms with van der Waals surface area (Å²) in [5.74, 6) is 0. The van der Waals surface area contributed by atoms with Crippen molar-refractivity contribution >= 4 is 29.0 Å². The van der Waals surface area contributed by atoms with Gasteiger partial charge in [-0.15, -0.1) is 0 Å². The minimum atomic E-state index is -4.79. The van der Waals surface area contributed by atoms with Crippen molar-refractivity contribution in [3.8, 4) is 0 Å². The van der Waals surface area contributed by atoms with Crippen LogP contribution in [0.4, 0.5) is 18.9 Å². The topological polar surface area (TPSA) is 36.9 Å². The highest BCUT2D eigenvalue weighted by Gasteiger charge is 2.63. The maximum Gasteiger partial charge on any atom is 0.453 e. The van der Waals surface area contributed by atoms with Crippen molar-refractivity contribution < 1.29 is 17.9 Å². The summed E-state index contributed by atoms with van der Waals surface area (Å²) in [5, 5.41) is 2.23. The third-order valence-corrected chi connectivity index (χ3v) is 4.23. The quantitative estimate of drug-likeness (QED) is 0.714. The predicted octanol–water partition coefficient (Wildman–Crippen LogP) is 4.97. The van der Waals surface area contributed by atoms with Crippen molar-refractivity contribution in [3.05, 3.63) is 66.2 Å². The monoisotopic (exact) mass is 407 g/mol. The molecule has 0 radical (unpaired) electrons. The maximum atomic E-state index is 14.3. The molecule has 1 fully saturated rings. The number of halogens is 3.